The van der Waals surface area contributed by atoms with E-state index in [-0.39, 0.29) is 0 Å². The van der Waals surface area contributed by atoms with Crippen LogP contribution in [-0.2, 0) is 11.3 Å². The van der Waals surface area contributed by atoms with Crippen LogP contribution in [-0.4, -0.2) is 34.5 Å². The Balaban J connectivity index is 1.89. The Bertz CT molecular complexity index is 409. The van der Waals surface area contributed by atoms with Crippen molar-refractivity contribution < 1.29 is 4.74 Å². The van der Waals surface area contributed by atoms with Crippen LogP contribution in [0.3, 0.4) is 0 Å². The molecular weight excluding hydrogens is 228 g/mol. The zero-order valence-electron chi connectivity index (χ0n) is 11.2. The fraction of sp³-hybridized carbons (Fsp3) is 0.846. The molecule has 1 aromatic rings. The summed E-state index contributed by atoms with van der Waals surface area (Å²) >= 11 is 0. The zero-order valence-corrected chi connectivity index (χ0v) is 11.2. The van der Waals surface area contributed by atoms with Crippen LogP contribution in [0, 0.1) is 5.92 Å². The van der Waals surface area contributed by atoms with Gasteiger partial charge in [-0.05, 0) is 18.8 Å². The molecule has 0 radical (unpaired) electrons. The fourth-order valence-corrected chi connectivity index (χ4v) is 2.99. The van der Waals surface area contributed by atoms with Crippen LogP contribution >= 0.6 is 0 Å². The van der Waals surface area contributed by atoms with E-state index in [0.29, 0.717) is 17.9 Å². The lowest BCUT2D eigenvalue weighted by Gasteiger charge is -2.29. The van der Waals surface area contributed by atoms with E-state index in [1.165, 1.54) is 6.42 Å². The van der Waals surface area contributed by atoms with Crippen molar-refractivity contribution in [3.05, 3.63) is 11.6 Å². The van der Waals surface area contributed by atoms with E-state index in [9.17, 15) is 0 Å². The number of fused-ring (bicyclic) bond motifs is 1. The van der Waals surface area contributed by atoms with Gasteiger partial charge >= 0.3 is 0 Å². The molecule has 1 N–H and O–H groups in total. The molecule has 2 atom stereocenters. The molecule has 2 unspecified atom stereocenters. The highest BCUT2D eigenvalue weighted by Gasteiger charge is 2.30. The molecule has 0 bridgehead atoms. The summed E-state index contributed by atoms with van der Waals surface area (Å²) in [6, 6.07) is 0.338. The standard InChI is InChI=1S/C13H22N4O/c1-9(2)11-13-16-15-12(17(13)6-5-14-11)10-4-3-7-18-8-10/h9-11,14H,3-8H2,1-2H3. The van der Waals surface area contributed by atoms with Crippen LogP contribution in [0.1, 0.15) is 50.3 Å². The van der Waals surface area contributed by atoms with Gasteiger partial charge in [0, 0.05) is 25.6 Å². The number of rotatable bonds is 2. The van der Waals surface area contributed by atoms with Gasteiger partial charge in [0.15, 0.2) is 5.82 Å². The molecule has 1 aromatic heterocycles. The van der Waals surface area contributed by atoms with Crippen molar-refractivity contribution in [1.29, 1.82) is 0 Å². The van der Waals surface area contributed by atoms with Crippen LogP contribution in [0.15, 0.2) is 0 Å². The van der Waals surface area contributed by atoms with E-state index in [1.807, 2.05) is 0 Å². The smallest absolute Gasteiger partial charge is 0.150 e. The molecule has 0 aliphatic carbocycles. The fourth-order valence-electron chi connectivity index (χ4n) is 2.99. The molecule has 2 aliphatic rings. The van der Waals surface area contributed by atoms with Gasteiger partial charge in [-0.25, -0.2) is 0 Å². The largest absolute Gasteiger partial charge is 0.381 e. The van der Waals surface area contributed by atoms with Gasteiger partial charge in [-0.15, -0.1) is 10.2 Å². The summed E-state index contributed by atoms with van der Waals surface area (Å²) in [5.74, 6) is 3.23. The Morgan fingerprint density at radius 3 is 2.89 bits per heavy atom. The van der Waals surface area contributed by atoms with Crippen LogP contribution in [0.25, 0.3) is 0 Å². The Morgan fingerprint density at radius 1 is 1.33 bits per heavy atom. The first-order valence-corrected chi connectivity index (χ1v) is 7.01. The predicted octanol–water partition coefficient (Wildman–Crippen LogP) is 1.47. The SMILES string of the molecule is CC(C)C1NCCn2c(C3CCCOC3)nnc21. The maximum atomic E-state index is 5.57. The summed E-state index contributed by atoms with van der Waals surface area (Å²) in [4.78, 5) is 0. The monoisotopic (exact) mass is 250 g/mol. The molecule has 0 amide bonds. The zero-order chi connectivity index (χ0) is 12.5. The number of nitrogens with zero attached hydrogens (tertiary/aromatic N) is 3. The lowest BCUT2D eigenvalue weighted by molar-refractivity contribution is 0.0766. The molecule has 18 heavy (non-hydrogen) atoms. The van der Waals surface area contributed by atoms with Crippen LogP contribution in [0.4, 0.5) is 0 Å². The van der Waals surface area contributed by atoms with Crippen LogP contribution in [0.2, 0.25) is 0 Å². The topological polar surface area (TPSA) is 52.0 Å². The van der Waals surface area contributed by atoms with E-state index in [1.54, 1.807) is 0 Å². The highest BCUT2D eigenvalue weighted by atomic mass is 16.5. The number of ether oxygens (including phenoxy) is 1. The van der Waals surface area contributed by atoms with E-state index in [2.05, 4.69) is 33.9 Å². The number of nitrogens with one attached hydrogen (secondary N) is 1. The van der Waals surface area contributed by atoms with Crippen LogP contribution < -0.4 is 5.32 Å². The molecule has 2 aliphatic heterocycles. The van der Waals surface area contributed by atoms with E-state index < -0.39 is 0 Å². The average molecular weight is 250 g/mol. The van der Waals surface area contributed by atoms with Crippen molar-refractivity contribution in [3.8, 4) is 0 Å². The van der Waals surface area contributed by atoms with Gasteiger partial charge < -0.3 is 14.6 Å². The van der Waals surface area contributed by atoms with Gasteiger partial charge in [-0.1, -0.05) is 13.8 Å². The van der Waals surface area contributed by atoms with E-state index in [0.717, 1.165) is 44.4 Å². The Hall–Kier alpha value is -0.940. The molecule has 5 nitrogen and oxygen atoms in total. The van der Waals surface area contributed by atoms with Crippen LogP contribution in [0.5, 0.6) is 0 Å². The molecule has 1 saturated heterocycles. The summed E-state index contributed by atoms with van der Waals surface area (Å²) in [6.45, 7) is 8.15. The lowest BCUT2D eigenvalue weighted by Crippen LogP contribution is -2.37. The van der Waals surface area contributed by atoms with Crippen molar-refractivity contribution in [1.82, 2.24) is 20.1 Å². The maximum Gasteiger partial charge on any atom is 0.150 e. The Labute approximate surface area is 108 Å². The second kappa shape index (κ2) is 4.97. The van der Waals surface area contributed by atoms with Gasteiger partial charge in [0.1, 0.15) is 5.82 Å². The molecule has 0 spiro atoms. The second-order valence-corrected chi connectivity index (χ2v) is 5.66. The van der Waals surface area contributed by atoms with Gasteiger partial charge in [-0.2, -0.15) is 0 Å². The third kappa shape index (κ3) is 2.06. The summed E-state index contributed by atoms with van der Waals surface area (Å²) in [6.07, 6.45) is 2.32. The summed E-state index contributed by atoms with van der Waals surface area (Å²) in [7, 11) is 0. The minimum Gasteiger partial charge on any atom is -0.381 e. The summed E-state index contributed by atoms with van der Waals surface area (Å²) < 4.78 is 7.89. The first-order chi connectivity index (χ1) is 8.77. The molecule has 0 saturated carbocycles. The number of hydrogen-bond donors (Lipinski definition) is 1. The average Bonchev–Trinajstić information content (AvgIpc) is 2.83. The summed E-state index contributed by atoms with van der Waals surface area (Å²) in [5, 5.41) is 12.4. The highest BCUT2D eigenvalue weighted by Crippen LogP contribution is 2.29. The van der Waals surface area contributed by atoms with Gasteiger partial charge in [0.05, 0.1) is 12.6 Å². The van der Waals surface area contributed by atoms with Crippen molar-refractivity contribution in [2.45, 2.75) is 45.2 Å². The molecule has 0 aromatic carbocycles. The number of hydrogen-bond acceptors (Lipinski definition) is 4. The molecule has 3 heterocycles. The quantitative estimate of drug-likeness (QED) is 0.863. The van der Waals surface area contributed by atoms with E-state index in [4.69, 9.17) is 4.74 Å². The van der Waals surface area contributed by atoms with Crippen molar-refractivity contribution >= 4 is 0 Å². The lowest BCUT2D eigenvalue weighted by atomic mass is 9.99. The molecule has 1 fully saturated rings. The molecule has 3 rings (SSSR count). The molecule has 100 valence electrons. The van der Waals surface area contributed by atoms with Crippen molar-refractivity contribution in [2.24, 2.45) is 5.92 Å². The van der Waals surface area contributed by atoms with E-state index >= 15 is 0 Å². The van der Waals surface area contributed by atoms with Gasteiger partial charge in [0.25, 0.3) is 0 Å². The maximum absolute atomic E-state index is 5.57. The van der Waals surface area contributed by atoms with Crippen molar-refractivity contribution in [3.63, 3.8) is 0 Å². The van der Waals surface area contributed by atoms with Gasteiger partial charge in [0.2, 0.25) is 0 Å². The minimum atomic E-state index is 0.338. The van der Waals surface area contributed by atoms with Gasteiger partial charge in [-0.3, -0.25) is 0 Å². The third-order valence-corrected chi connectivity index (χ3v) is 3.98. The Morgan fingerprint density at radius 2 is 2.17 bits per heavy atom. The first-order valence-electron chi connectivity index (χ1n) is 7.01. The predicted molar refractivity (Wildman–Crippen MR) is 68.4 cm³/mol. The first kappa shape index (κ1) is 12.1. The Kier molecular flexibility index (Phi) is 3.35. The number of aromatic nitrogens is 3. The minimum absolute atomic E-state index is 0.338. The summed E-state index contributed by atoms with van der Waals surface area (Å²) in [5.41, 5.74) is 0. The molecule has 5 heteroatoms. The normalized spacial score (nSPS) is 28.4. The third-order valence-electron chi connectivity index (χ3n) is 3.98. The molecular formula is C13H22N4O. The highest BCUT2D eigenvalue weighted by molar-refractivity contribution is 5.09. The van der Waals surface area contributed by atoms with Crippen molar-refractivity contribution in [2.75, 3.05) is 19.8 Å². The second-order valence-electron chi connectivity index (χ2n) is 5.66.